The van der Waals surface area contributed by atoms with Crippen molar-refractivity contribution in [1.29, 1.82) is 0 Å². The Hall–Kier alpha value is -3.30. The van der Waals surface area contributed by atoms with E-state index in [0.717, 1.165) is 0 Å². The van der Waals surface area contributed by atoms with Gasteiger partial charge in [-0.25, -0.2) is 4.79 Å². The van der Waals surface area contributed by atoms with Crippen LogP contribution in [0, 0.1) is 0 Å². The zero-order chi connectivity index (χ0) is 22.7. The first-order chi connectivity index (χ1) is 13.4. The third kappa shape index (κ3) is 9.45. The number of amides is 4. The van der Waals surface area contributed by atoms with Crippen molar-refractivity contribution >= 4 is 35.6 Å². The molecule has 11 N–H and O–H groups in total. The number of hydrogen-bond donors (Lipinski definition) is 9. The third-order valence-corrected chi connectivity index (χ3v) is 3.38. The van der Waals surface area contributed by atoms with Gasteiger partial charge in [-0.3, -0.25) is 24.0 Å². The Morgan fingerprint density at radius 2 is 1.21 bits per heavy atom. The maximum absolute atomic E-state index is 12.2. The van der Waals surface area contributed by atoms with Gasteiger partial charge in [-0.2, -0.15) is 0 Å². The largest absolute Gasteiger partial charge is 0.481 e. The van der Waals surface area contributed by atoms with Gasteiger partial charge in [0, 0.05) is 0 Å². The number of aliphatic hydroxyl groups is 2. The molecule has 0 aliphatic rings. The SMILES string of the molecule is NC(=O)C[C@H](NC(=O)[C@H](CO)NC(=O)[C@@H](N)CO)C(=O)N[C@@H](CC(=O)O)C(=O)O. The van der Waals surface area contributed by atoms with Crippen LogP contribution in [0.1, 0.15) is 12.8 Å². The van der Waals surface area contributed by atoms with E-state index >= 15 is 0 Å². The van der Waals surface area contributed by atoms with Crippen molar-refractivity contribution in [1.82, 2.24) is 16.0 Å². The van der Waals surface area contributed by atoms with E-state index in [0.29, 0.717) is 0 Å². The summed E-state index contributed by atoms with van der Waals surface area (Å²) in [4.78, 5) is 68.9. The lowest BCUT2D eigenvalue weighted by atomic mass is 10.1. The van der Waals surface area contributed by atoms with Crippen LogP contribution in [-0.4, -0.2) is 93.4 Å². The smallest absolute Gasteiger partial charge is 0.326 e. The summed E-state index contributed by atoms with van der Waals surface area (Å²) in [5, 5.41) is 41.5. The molecule has 0 rings (SSSR count). The van der Waals surface area contributed by atoms with Gasteiger partial charge in [-0.1, -0.05) is 0 Å². The average Bonchev–Trinajstić information content (AvgIpc) is 2.62. The Morgan fingerprint density at radius 1 is 0.724 bits per heavy atom. The van der Waals surface area contributed by atoms with Gasteiger partial charge in [-0.05, 0) is 0 Å². The van der Waals surface area contributed by atoms with Crippen molar-refractivity contribution in [3.63, 3.8) is 0 Å². The van der Waals surface area contributed by atoms with Gasteiger partial charge < -0.3 is 47.8 Å². The van der Waals surface area contributed by atoms with Gasteiger partial charge in [0.05, 0.1) is 26.1 Å². The lowest BCUT2D eigenvalue weighted by Gasteiger charge is -2.23. The minimum atomic E-state index is -1.86. The molecule has 164 valence electrons. The van der Waals surface area contributed by atoms with E-state index in [-0.39, 0.29) is 0 Å². The molecule has 0 aliphatic heterocycles. The lowest BCUT2D eigenvalue weighted by molar-refractivity contribution is -0.147. The quantitative estimate of drug-likeness (QED) is 0.135. The highest BCUT2D eigenvalue weighted by Gasteiger charge is 2.31. The van der Waals surface area contributed by atoms with Crippen LogP contribution < -0.4 is 27.4 Å². The first-order valence-electron chi connectivity index (χ1n) is 8.04. The zero-order valence-corrected chi connectivity index (χ0v) is 15.0. The molecule has 15 nitrogen and oxygen atoms in total. The summed E-state index contributed by atoms with van der Waals surface area (Å²) >= 11 is 0. The van der Waals surface area contributed by atoms with E-state index in [1.54, 1.807) is 0 Å². The monoisotopic (exact) mass is 421 g/mol. The summed E-state index contributed by atoms with van der Waals surface area (Å²) in [5.74, 6) is -7.66. The first kappa shape index (κ1) is 25.7. The van der Waals surface area contributed by atoms with E-state index in [1.165, 1.54) is 0 Å². The number of rotatable bonds is 13. The summed E-state index contributed by atoms with van der Waals surface area (Å²) in [7, 11) is 0. The fourth-order valence-electron chi connectivity index (χ4n) is 1.89. The number of nitrogens with one attached hydrogen (secondary N) is 3. The van der Waals surface area contributed by atoms with Crippen LogP contribution in [0.5, 0.6) is 0 Å². The van der Waals surface area contributed by atoms with Crippen molar-refractivity contribution in [2.45, 2.75) is 37.0 Å². The molecule has 0 aromatic rings. The van der Waals surface area contributed by atoms with E-state index in [2.05, 4.69) is 0 Å². The first-order valence-corrected chi connectivity index (χ1v) is 8.04. The summed E-state index contributed by atoms with van der Waals surface area (Å²) in [6.45, 7) is -1.70. The lowest BCUT2D eigenvalue weighted by Crippen LogP contribution is -2.59. The Morgan fingerprint density at radius 3 is 1.62 bits per heavy atom. The van der Waals surface area contributed by atoms with E-state index in [4.69, 9.17) is 26.8 Å². The second-order valence-electron chi connectivity index (χ2n) is 5.76. The van der Waals surface area contributed by atoms with Crippen LogP contribution in [0.4, 0.5) is 0 Å². The Balaban J connectivity index is 5.29. The number of nitrogens with two attached hydrogens (primary N) is 2. The number of aliphatic hydroxyl groups excluding tert-OH is 2. The maximum atomic E-state index is 12.2. The number of carbonyl (C=O) groups is 6. The summed E-state index contributed by atoms with van der Waals surface area (Å²) in [6, 6.07) is -6.61. The third-order valence-electron chi connectivity index (χ3n) is 3.38. The molecular formula is C14H23N5O10. The van der Waals surface area contributed by atoms with Crippen molar-refractivity contribution in [3.8, 4) is 0 Å². The molecule has 15 heteroatoms. The molecule has 0 aliphatic carbocycles. The normalized spacial score (nSPS) is 14.6. The standard InChI is InChI=1S/C14H23N5O10/c15-5(3-20)11(25)19-8(4-21)13(27)17-6(1-9(16)22)12(26)18-7(14(28)29)2-10(23)24/h5-8,20-21H,1-4,15H2,(H2,16,22)(H,17,27)(H,18,26)(H,19,25)(H,23,24)(H,28,29)/t5-,6-,7-,8-/m0/s1. The van der Waals surface area contributed by atoms with Crippen molar-refractivity contribution < 1.29 is 49.2 Å². The molecule has 4 atom stereocenters. The Kier molecular flexibility index (Phi) is 10.8. The highest BCUT2D eigenvalue weighted by atomic mass is 16.4. The predicted molar refractivity (Wildman–Crippen MR) is 91.6 cm³/mol. The molecule has 0 bridgehead atoms. The number of carboxylic acid groups (broad SMARTS) is 2. The predicted octanol–water partition coefficient (Wildman–Crippen LogP) is -5.81. The Labute approximate surface area is 163 Å². The molecule has 0 saturated carbocycles. The molecule has 0 aromatic heterocycles. The molecule has 0 radical (unpaired) electrons. The van der Waals surface area contributed by atoms with Crippen LogP contribution in [0.2, 0.25) is 0 Å². The minimum absolute atomic E-state index is 0.752. The second-order valence-corrected chi connectivity index (χ2v) is 5.76. The van der Waals surface area contributed by atoms with Crippen LogP contribution in [0.3, 0.4) is 0 Å². The molecule has 29 heavy (non-hydrogen) atoms. The minimum Gasteiger partial charge on any atom is -0.481 e. The number of aliphatic carboxylic acids is 2. The van der Waals surface area contributed by atoms with Gasteiger partial charge in [0.25, 0.3) is 0 Å². The summed E-state index contributed by atoms with van der Waals surface area (Å²) in [5.41, 5.74) is 10.2. The molecule has 0 saturated heterocycles. The van der Waals surface area contributed by atoms with Crippen molar-refractivity contribution in [2.24, 2.45) is 11.5 Å². The number of hydrogen-bond acceptors (Lipinski definition) is 9. The summed E-state index contributed by atoms with van der Waals surface area (Å²) < 4.78 is 0. The highest BCUT2D eigenvalue weighted by molar-refractivity contribution is 5.96. The number of primary amides is 1. The van der Waals surface area contributed by atoms with E-state index in [9.17, 15) is 33.9 Å². The van der Waals surface area contributed by atoms with Gasteiger partial charge in [0.1, 0.15) is 24.2 Å². The Bertz CT molecular complexity index is 655. The van der Waals surface area contributed by atoms with Gasteiger partial charge in [-0.15, -0.1) is 0 Å². The van der Waals surface area contributed by atoms with Crippen LogP contribution >= 0.6 is 0 Å². The molecular weight excluding hydrogens is 398 g/mol. The summed E-state index contributed by atoms with van der Waals surface area (Å²) in [6.07, 6.45) is -1.77. The van der Waals surface area contributed by atoms with Gasteiger partial charge in [0.15, 0.2) is 0 Å². The van der Waals surface area contributed by atoms with Crippen LogP contribution in [0.15, 0.2) is 0 Å². The zero-order valence-electron chi connectivity index (χ0n) is 15.0. The number of carbonyl (C=O) groups excluding carboxylic acids is 4. The fraction of sp³-hybridized carbons (Fsp3) is 0.571. The molecule has 0 unspecified atom stereocenters. The topological polar surface area (TPSA) is 271 Å². The van der Waals surface area contributed by atoms with Gasteiger partial charge >= 0.3 is 11.9 Å². The molecule has 0 aromatic carbocycles. The van der Waals surface area contributed by atoms with Gasteiger partial charge in [0.2, 0.25) is 23.6 Å². The van der Waals surface area contributed by atoms with Crippen LogP contribution in [0.25, 0.3) is 0 Å². The molecule has 4 amide bonds. The highest BCUT2D eigenvalue weighted by Crippen LogP contribution is 1.99. The second kappa shape index (κ2) is 12.2. The molecule has 0 spiro atoms. The van der Waals surface area contributed by atoms with Crippen molar-refractivity contribution in [3.05, 3.63) is 0 Å². The van der Waals surface area contributed by atoms with E-state index < -0.39 is 85.8 Å². The average molecular weight is 421 g/mol. The molecule has 0 fully saturated rings. The number of carboxylic acids is 2. The maximum Gasteiger partial charge on any atom is 0.326 e. The van der Waals surface area contributed by atoms with Crippen molar-refractivity contribution in [2.75, 3.05) is 13.2 Å². The molecule has 0 heterocycles. The fourth-order valence-corrected chi connectivity index (χ4v) is 1.89. The van der Waals surface area contributed by atoms with E-state index in [1.807, 2.05) is 16.0 Å². The van der Waals surface area contributed by atoms with Crippen LogP contribution in [-0.2, 0) is 28.8 Å².